The number of unbranched alkanes of at least 4 members (excludes halogenated alkanes) is 2. The maximum atomic E-state index is 11.5. The summed E-state index contributed by atoms with van der Waals surface area (Å²) in [6, 6.07) is 0. The molecular formula is C17H32O5. The molecule has 5 heteroatoms. The fourth-order valence-corrected chi connectivity index (χ4v) is 2.27. The Morgan fingerprint density at radius 1 is 0.818 bits per heavy atom. The summed E-state index contributed by atoms with van der Waals surface area (Å²) in [5.41, 5.74) is -0.302. The van der Waals surface area contributed by atoms with Gasteiger partial charge in [-0.25, -0.2) is 4.79 Å². The van der Waals surface area contributed by atoms with E-state index in [1.165, 1.54) is 0 Å². The SMILES string of the molecule is CCCCC(CCCC)(COC(=O)CC)COC(=O)OCC. The summed E-state index contributed by atoms with van der Waals surface area (Å²) < 4.78 is 15.5. The fraction of sp³-hybridized carbons (Fsp3) is 0.882. The Kier molecular flexibility index (Phi) is 11.6. The minimum absolute atomic E-state index is 0.214. The molecule has 0 aromatic heterocycles. The first-order chi connectivity index (χ1) is 10.5. The van der Waals surface area contributed by atoms with E-state index in [-0.39, 0.29) is 18.0 Å². The molecule has 0 radical (unpaired) electrons. The second-order valence-corrected chi connectivity index (χ2v) is 5.69. The molecule has 0 spiro atoms. The van der Waals surface area contributed by atoms with Crippen LogP contribution < -0.4 is 0 Å². The molecule has 0 aliphatic rings. The number of esters is 1. The number of hydrogen-bond donors (Lipinski definition) is 0. The minimum atomic E-state index is -0.651. The molecule has 0 bridgehead atoms. The number of rotatable bonds is 12. The molecule has 0 heterocycles. The van der Waals surface area contributed by atoms with Gasteiger partial charge in [0.2, 0.25) is 0 Å². The van der Waals surface area contributed by atoms with Crippen LogP contribution in [0.4, 0.5) is 4.79 Å². The van der Waals surface area contributed by atoms with Gasteiger partial charge in [0.05, 0.1) is 6.61 Å². The monoisotopic (exact) mass is 316 g/mol. The number of carbonyl (C=O) groups excluding carboxylic acids is 2. The lowest BCUT2D eigenvalue weighted by molar-refractivity contribution is -0.148. The molecule has 0 saturated carbocycles. The van der Waals surface area contributed by atoms with Crippen LogP contribution in [0.5, 0.6) is 0 Å². The molecule has 0 atom stereocenters. The van der Waals surface area contributed by atoms with E-state index >= 15 is 0 Å². The van der Waals surface area contributed by atoms with Crippen molar-refractivity contribution in [1.29, 1.82) is 0 Å². The van der Waals surface area contributed by atoms with Crippen LogP contribution in [-0.2, 0) is 19.0 Å². The highest BCUT2D eigenvalue weighted by Crippen LogP contribution is 2.32. The van der Waals surface area contributed by atoms with Crippen LogP contribution in [0.1, 0.15) is 72.6 Å². The van der Waals surface area contributed by atoms with Gasteiger partial charge in [0.15, 0.2) is 0 Å². The van der Waals surface area contributed by atoms with Crippen LogP contribution >= 0.6 is 0 Å². The van der Waals surface area contributed by atoms with Crippen LogP contribution in [0.2, 0.25) is 0 Å². The summed E-state index contributed by atoms with van der Waals surface area (Å²) in [6.45, 7) is 8.59. The Morgan fingerprint density at radius 2 is 1.36 bits per heavy atom. The first kappa shape index (κ1) is 20.7. The van der Waals surface area contributed by atoms with Crippen molar-refractivity contribution in [3.8, 4) is 0 Å². The van der Waals surface area contributed by atoms with E-state index < -0.39 is 6.16 Å². The average molecular weight is 316 g/mol. The molecule has 0 aromatic carbocycles. The zero-order chi connectivity index (χ0) is 16.8. The van der Waals surface area contributed by atoms with Gasteiger partial charge in [0.25, 0.3) is 0 Å². The third-order valence-corrected chi connectivity index (χ3v) is 3.71. The van der Waals surface area contributed by atoms with Gasteiger partial charge in [-0.05, 0) is 19.8 Å². The molecular weight excluding hydrogens is 284 g/mol. The van der Waals surface area contributed by atoms with Crippen molar-refractivity contribution in [3.63, 3.8) is 0 Å². The van der Waals surface area contributed by atoms with Crippen molar-refractivity contribution < 1.29 is 23.8 Å². The van der Waals surface area contributed by atoms with E-state index in [1.807, 2.05) is 0 Å². The van der Waals surface area contributed by atoms with E-state index in [1.54, 1.807) is 13.8 Å². The van der Waals surface area contributed by atoms with Crippen molar-refractivity contribution in [2.45, 2.75) is 72.6 Å². The zero-order valence-electron chi connectivity index (χ0n) is 14.6. The summed E-state index contributed by atoms with van der Waals surface area (Å²) in [4.78, 5) is 23.0. The standard InChI is InChI=1S/C17H32O5/c1-5-9-11-17(12-10-6-2,13-21-15(18)7-3)14-22-16(19)20-8-4/h5-14H2,1-4H3. The van der Waals surface area contributed by atoms with Crippen LogP contribution in [0.15, 0.2) is 0 Å². The van der Waals surface area contributed by atoms with Gasteiger partial charge in [-0.3, -0.25) is 4.79 Å². The average Bonchev–Trinajstić information content (AvgIpc) is 2.53. The Bertz CT molecular complexity index is 306. The quantitative estimate of drug-likeness (QED) is 0.497. The Hall–Kier alpha value is -1.26. The van der Waals surface area contributed by atoms with Crippen molar-refractivity contribution in [2.75, 3.05) is 19.8 Å². The molecule has 0 saturated heterocycles. The maximum absolute atomic E-state index is 11.5. The van der Waals surface area contributed by atoms with Gasteiger partial charge in [0.1, 0.15) is 13.2 Å². The fourth-order valence-electron chi connectivity index (χ4n) is 2.27. The Balaban J connectivity index is 4.82. The van der Waals surface area contributed by atoms with Crippen LogP contribution in [-0.4, -0.2) is 31.9 Å². The van der Waals surface area contributed by atoms with Crippen LogP contribution in [0.25, 0.3) is 0 Å². The molecule has 22 heavy (non-hydrogen) atoms. The molecule has 0 aliphatic heterocycles. The Morgan fingerprint density at radius 3 is 1.82 bits per heavy atom. The minimum Gasteiger partial charge on any atom is -0.465 e. The van der Waals surface area contributed by atoms with Gasteiger partial charge in [-0.15, -0.1) is 0 Å². The molecule has 0 fully saturated rings. The molecule has 0 N–H and O–H groups in total. The highest BCUT2D eigenvalue weighted by Gasteiger charge is 2.33. The van der Waals surface area contributed by atoms with Crippen LogP contribution in [0, 0.1) is 5.41 Å². The van der Waals surface area contributed by atoms with E-state index in [4.69, 9.17) is 14.2 Å². The first-order valence-electron chi connectivity index (χ1n) is 8.48. The first-order valence-corrected chi connectivity index (χ1v) is 8.48. The van der Waals surface area contributed by atoms with Gasteiger partial charge >= 0.3 is 12.1 Å². The summed E-state index contributed by atoms with van der Waals surface area (Å²) in [5, 5.41) is 0. The Labute approximate surface area is 134 Å². The van der Waals surface area contributed by atoms with Crippen molar-refractivity contribution in [2.24, 2.45) is 5.41 Å². The highest BCUT2D eigenvalue weighted by molar-refractivity contribution is 5.68. The smallest absolute Gasteiger partial charge is 0.465 e. The molecule has 130 valence electrons. The number of hydrogen-bond acceptors (Lipinski definition) is 5. The zero-order valence-corrected chi connectivity index (χ0v) is 14.6. The molecule has 5 nitrogen and oxygen atoms in total. The molecule has 0 aromatic rings. The third-order valence-electron chi connectivity index (χ3n) is 3.71. The second-order valence-electron chi connectivity index (χ2n) is 5.69. The predicted molar refractivity (Wildman–Crippen MR) is 85.7 cm³/mol. The van der Waals surface area contributed by atoms with Gasteiger partial charge in [0, 0.05) is 11.8 Å². The second kappa shape index (κ2) is 12.3. The third kappa shape index (κ3) is 8.90. The van der Waals surface area contributed by atoms with Crippen molar-refractivity contribution in [3.05, 3.63) is 0 Å². The summed E-state index contributed by atoms with van der Waals surface area (Å²) in [5.74, 6) is -0.214. The summed E-state index contributed by atoms with van der Waals surface area (Å²) in [6.07, 6.45) is 5.58. The van der Waals surface area contributed by atoms with E-state index in [0.29, 0.717) is 19.6 Å². The van der Waals surface area contributed by atoms with Gasteiger partial charge in [-0.1, -0.05) is 46.5 Å². The predicted octanol–water partition coefficient (Wildman–Crippen LogP) is 4.48. The maximum Gasteiger partial charge on any atom is 0.508 e. The van der Waals surface area contributed by atoms with Crippen LogP contribution in [0.3, 0.4) is 0 Å². The molecule has 0 aliphatic carbocycles. The van der Waals surface area contributed by atoms with E-state index in [9.17, 15) is 9.59 Å². The van der Waals surface area contributed by atoms with Gasteiger partial charge < -0.3 is 14.2 Å². The highest BCUT2D eigenvalue weighted by atomic mass is 16.7. The molecule has 0 unspecified atom stereocenters. The van der Waals surface area contributed by atoms with E-state index in [2.05, 4.69) is 13.8 Å². The lowest BCUT2D eigenvalue weighted by Crippen LogP contribution is -2.35. The van der Waals surface area contributed by atoms with Gasteiger partial charge in [-0.2, -0.15) is 0 Å². The molecule has 0 amide bonds. The van der Waals surface area contributed by atoms with Crippen molar-refractivity contribution >= 4 is 12.1 Å². The largest absolute Gasteiger partial charge is 0.508 e. The van der Waals surface area contributed by atoms with E-state index in [0.717, 1.165) is 38.5 Å². The lowest BCUT2D eigenvalue weighted by Gasteiger charge is -2.32. The van der Waals surface area contributed by atoms with Crippen molar-refractivity contribution in [1.82, 2.24) is 0 Å². The topological polar surface area (TPSA) is 61.8 Å². The lowest BCUT2D eigenvalue weighted by atomic mass is 9.79. The molecule has 0 rings (SSSR count). The summed E-state index contributed by atoms with van der Waals surface area (Å²) in [7, 11) is 0. The number of carbonyl (C=O) groups is 2. The normalized spacial score (nSPS) is 11.1. The number of ether oxygens (including phenoxy) is 3. The summed E-state index contributed by atoms with van der Waals surface area (Å²) >= 11 is 0.